The molecule has 1 atom stereocenters. The number of rotatable bonds is 7. The quantitative estimate of drug-likeness (QED) is 0.434. The summed E-state index contributed by atoms with van der Waals surface area (Å²) < 4.78 is 0. The number of hydrogen-bond donors (Lipinski definition) is 2. The molecular weight excluding hydrogens is 350 g/mol. The summed E-state index contributed by atoms with van der Waals surface area (Å²) >= 11 is 0. The molecule has 9 nitrogen and oxygen atoms in total. The van der Waals surface area contributed by atoms with E-state index in [0.717, 1.165) is 0 Å². The molecule has 0 saturated heterocycles. The lowest BCUT2D eigenvalue weighted by atomic mass is 10.0. The molecule has 1 aromatic carbocycles. The van der Waals surface area contributed by atoms with Gasteiger partial charge in [0.15, 0.2) is 0 Å². The molecule has 0 radical (unpaired) electrons. The number of amides is 2. The molecule has 140 valence electrons. The van der Waals surface area contributed by atoms with E-state index in [4.69, 9.17) is 5.26 Å². The maximum absolute atomic E-state index is 12.5. The van der Waals surface area contributed by atoms with Crippen molar-refractivity contribution in [3.8, 4) is 6.07 Å². The number of nitro benzene ring substituents is 1. The number of nitrogens with zero attached hydrogens (tertiary/aromatic N) is 3. The summed E-state index contributed by atoms with van der Waals surface area (Å²) in [6.07, 6.45) is 0.391. The van der Waals surface area contributed by atoms with Crippen molar-refractivity contribution in [1.82, 2.24) is 15.6 Å². The van der Waals surface area contributed by atoms with Crippen LogP contribution in [-0.4, -0.2) is 34.3 Å². The predicted molar refractivity (Wildman–Crippen MR) is 97.7 cm³/mol. The summed E-state index contributed by atoms with van der Waals surface area (Å²) in [6, 6.07) is 8.27. The Morgan fingerprint density at radius 1 is 1.30 bits per heavy atom. The lowest BCUT2D eigenvalue weighted by Gasteiger charge is -2.19. The number of nitriles is 1. The molecule has 9 heteroatoms. The summed E-state index contributed by atoms with van der Waals surface area (Å²) in [5.41, 5.74) is 0.261. The number of nitrogens with one attached hydrogen (secondary N) is 2. The summed E-state index contributed by atoms with van der Waals surface area (Å²) in [5.74, 6) is -0.883. The molecule has 0 fully saturated rings. The van der Waals surface area contributed by atoms with Crippen LogP contribution in [0.3, 0.4) is 0 Å². The molecule has 2 rings (SSSR count). The van der Waals surface area contributed by atoms with Gasteiger partial charge in [0.05, 0.1) is 21.9 Å². The fourth-order valence-corrected chi connectivity index (χ4v) is 2.61. The minimum Gasteiger partial charge on any atom is -0.341 e. The van der Waals surface area contributed by atoms with E-state index in [1.165, 1.54) is 24.3 Å². The van der Waals surface area contributed by atoms with Gasteiger partial charge in [-0.3, -0.25) is 19.7 Å². The number of pyridine rings is 1. The Morgan fingerprint density at radius 3 is 2.67 bits per heavy atom. The van der Waals surface area contributed by atoms with Crippen molar-refractivity contribution in [3.63, 3.8) is 0 Å². The van der Waals surface area contributed by atoms with Gasteiger partial charge in [0.1, 0.15) is 18.3 Å². The van der Waals surface area contributed by atoms with Crippen LogP contribution in [0.2, 0.25) is 0 Å². The van der Waals surface area contributed by atoms with Gasteiger partial charge in [-0.15, -0.1) is 0 Å². The van der Waals surface area contributed by atoms with Crippen molar-refractivity contribution >= 4 is 28.4 Å². The van der Waals surface area contributed by atoms with Crippen LogP contribution in [0.25, 0.3) is 10.9 Å². The van der Waals surface area contributed by atoms with Crippen LogP contribution in [-0.2, 0) is 4.79 Å². The Labute approximate surface area is 155 Å². The predicted octanol–water partition coefficient (Wildman–Crippen LogP) is 1.93. The fraction of sp³-hybridized carbons (Fsp3) is 0.333. The zero-order chi connectivity index (χ0) is 20.0. The molecule has 0 aliphatic carbocycles. The van der Waals surface area contributed by atoms with Gasteiger partial charge in [0.2, 0.25) is 5.91 Å². The number of benzene rings is 1. The molecule has 0 saturated carbocycles. The smallest absolute Gasteiger partial charge is 0.278 e. The van der Waals surface area contributed by atoms with Crippen LogP contribution in [0, 0.1) is 27.4 Å². The fourth-order valence-electron chi connectivity index (χ4n) is 2.61. The Hall–Kier alpha value is -3.54. The average Bonchev–Trinajstić information content (AvgIpc) is 2.63. The van der Waals surface area contributed by atoms with E-state index >= 15 is 0 Å². The van der Waals surface area contributed by atoms with Crippen molar-refractivity contribution < 1.29 is 14.5 Å². The number of nitro groups is 1. The summed E-state index contributed by atoms with van der Waals surface area (Å²) in [5, 5.41) is 25.0. The molecule has 0 aliphatic rings. The summed E-state index contributed by atoms with van der Waals surface area (Å²) in [6.45, 7) is 3.66. The molecule has 2 amide bonds. The van der Waals surface area contributed by atoms with E-state index in [9.17, 15) is 19.7 Å². The van der Waals surface area contributed by atoms with Gasteiger partial charge >= 0.3 is 0 Å². The topological polar surface area (TPSA) is 138 Å². The van der Waals surface area contributed by atoms with Crippen molar-refractivity contribution in [2.24, 2.45) is 5.92 Å². The number of carbonyl (C=O) groups is 2. The second-order valence-corrected chi connectivity index (χ2v) is 6.33. The zero-order valence-corrected chi connectivity index (χ0v) is 14.9. The van der Waals surface area contributed by atoms with E-state index < -0.39 is 22.8 Å². The molecule has 0 spiro atoms. The van der Waals surface area contributed by atoms with Crippen LogP contribution in [0.5, 0.6) is 0 Å². The van der Waals surface area contributed by atoms with Crippen molar-refractivity contribution in [2.75, 3.05) is 6.54 Å². The van der Waals surface area contributed by atoms with Gasteiger partial charge < -0.3 is 10.6 Å². The third kappa shape index (κ3) is 4.98. The minimum atomic E-state index is -0.812. The molecule has 0 bridgehead atoms. The standard InChI is InChI=1S/C18H19N5O4/c1-11(2)10-15(17(24)20-9-8-19)22-18(25)14-7-6-12-13(21-14)4-3-5-16(12)23(26)27/h3-7,11,15H,9-10H2,1-2H3,(H,20,24)(H,22,25). The van der Waals surface area contributed by atoms with Crippen LogP contribution < -0.4 is 10.6 Å². The van der Waals surface area contributed by atoms with Crippen molar-refractivity contribution in [2.45, 2.75) is 26.3 Å². The normalized spacial score (nSPS) is 11.6. The van der Waals surface area contributed by atoms with Crippen LogP contribution in [0.1, 0.15) is 30.8 Å². The van der Waals surface area contributed by atoms with E-state index in [1.807, 2.05) is 19.9 Å². The first-order valence-electron chi connectivity index (χ1n) is 8.33. The zero-order valence-electron chi connectivity index (χ0n) is 14.9. The van der Waals surface area contributed by atoms with Crippen molar-refractivity contribution in [1.29, 1.82) is 5.26 Å². The monoisotopic (exact) mass is 369 g/mol. The largest absolute Gasteiger partial charge is 0.341 e. The van der Waals surface area contributed by atoms with Crippen LogP contribution in [0.15, 0.2) is 30.3 Å². The van der Waals surface area contributed by atoms with Crippen LogP contribution >= 0.6 is 0 Å². The first-order chi connectivity index (χ1) is 12.8. The summed E-state index contributed by atoms with van der Waals surface area (Å²) in [4.78, 5) is 39.4. The van der Waals surface area contributed by atoms with Gasteiger partial charge in [-0.2, -0.15) is 5.26 Å². The van der Waals surface area contributed by atoms with Crippen molar-refractivity contribution in [3.05, 3.63) is 46.1 Å². The van der Waals surface area contributed by atoms with Crippen LogP contribution in [0.4, 0.5) is 5.69 Å². The number of carbonyl (C=O) groups excluding carboxylic acids is 2. The summed E-state index contributed by atoms with van der Waals surface area (Å²) in [7, 11) is 0. The highest BCUT2D eigenvalue weighted by Crippen LogP contribution is 2.24. The highest BCUT2D eigenvalue weighted by atomic mass is 16.6. The van der Waals surface area contributed by atoms with Gasteiger partial charge in [0, 0.05) is 6.07 Å². The van der Waals surface area contributed by atoms with E-state index in [2.05, 4.69) is 15.6 Å². The maximum atomic E-state index is 12.5. The second kappa shape index (κ2) is 8.71. The Morgan fingerprint density at radius 2 is 2.04 bits per heavy atom. The molecular formula is C18H19N5O4. The highest BCUT2D eigenvalue weighted by Gasteiger charge is 2.23. The van der Waals surface area contributed by atoms with E-state index in [1.54, 1.807) is 6.07 Å². The molecule has 1 unspecified atom stereocenters. The van der Waals surface area contributed by atoms with E-state index in [0.29, 0.717) is 17.3 Å². The van der Waals surface area contributed by atoms with Gasteiger partial charge in [-0.1, -0.05) is 19.9 Å². The lowest BCUT2D eigenvalue weighted by Crippen LogP contribution is -2.47. The number of non-ortho nitro benzene ring substituents is 1. The Bertz CT molecular complexity index is 920. The van der Waals surface area contributed by atoms with Gasteiger partial charge in [-0.25, -0.2) is 4.98 Å². The number of fused-ring (bicyclic) bond motifs is 1. The molecule has 2 N–H and O–H groups in total. The third-order valence-corrected chi connectivity index (χ3v) is 3.81. The Balaban J connectivity index is 2.25. The molecule has 1 heterocycles. The Kier molecular flexibility index (Phi) is 6.38. The van der Waals surface area contributed by atoms with Gasteiger partial charge in [0.25, 0.3) is 11.6 Å². The number of hydrogen-bond acceptors (Lipinski definition) is 6. The first-order valence-corrected chi connectivity index (χ1v) is 8.33. The average molecular weight is 369 g/mol. The highest BCUT2D eigenvalue weighted by molar-refractivity contribution is 5.98. The van der Waals surface area contributed by atoms with Gasteiger partial charge in [-0.05, 0) is 30.5 Å². The maximum Gasteiger partial charge on any atom is 0.278 e. The molecule has 0 aliphatic heterocycles. The second-order valence-electron chi connectivity index (χ2n) is 6.33. The first kappa shape index (κ1) is 19.8. The third-order valence-electron chi connectivity index (χ3n) is 3.81. The minimum absolute atomic E-state index is 0.0461. The molecule has 27 heavy (non-hydrogen) atoms. The van der Waals surface area contributed by atoms with E-state index in [-0.39, 0.29) is 23.8 Å². The lowest BCUT2D eigenvalue weighted by molar-refractivity contribution is -0.383. The SMILES string of the molecule is CC(C)CC(NC(=O)c1ccc2c([N+](=O)[O-])cccc2n1)C(=O)NCC#N. The number of aromatic nitrogens is 1. The molecule has 1 aromatic heterocycles. The molecule has 2 aromatic rings.